The van der Waals surface area contributed by atoms with Crippen molar-refractivity contribution in [2.24, 2.45) is 0 Å². The van der Waals surface area contributed by atoms with Gasteiger partial charge in [-0.1, -0.05) is 0 Å². The molecule has 1 N–H and O–H groups in total. The van der Waals surface area contributed by atoms with Gasteiger partial charge in [-0.05, 0) is 19.1 Å². The summed E-state index contributed by atoms with van der Waals surface area (Å²) in [7, 11) is 1.92. The van der Waals surface area contributed by atoms with Crippen LogP contribution in [0.2, 0.25) is 0 Å². The number of aromatic nitrogens is 3. The molecule has 0 aliphatic heterocycles. The molecule has 0 radical (unpaired) electrons. The first-order valence-corrected chi connectivity index (χ1v) is 4.92. The monoisotopic (exact) mass is 220 g/mol. The predicted octanol–water partition coefficient (Wildman–Crippen LogP) is 0.884. The minimum atomic E-state index is -1.05. The van der Waals surface area contributed by atoms with Gasteiger partial charge in [-0.25, -0.2) is 14.3 Å². The Labute approximate surface area is 92.1 Å². The molecule has 84 valence electrons. The molecule has 0 amide bonds. The molecular formula is C10H12N4O2. The number of anilines is 1. The third-order valence-corrected chi connectivity index (χ3v) is 2.39. The lowest BCUT2D eigenvalue weighted by molar-refractivity contribution is 0.0691. The van der Waals surface area contributed by atoms with Crippen LogP contribution >= 0.6 is 0 Å². The third kappa shape index (κ3) is 1.69. The van der Waals surface area contributed by atoms with Crippen LogP contribution in [0.5, 0.6) is 0 Å². The average molecular weight is 220 g/mol. The van der Waals surface area contributed by atoms with Crippen LogP contribution in [0.4, 0.5) is 5.82 Å². The van der Waals surface area contributed by atoms with Crippen molar-refractivity contribution in [1.29, 1.82) is 0 Å². The predicted molar refractivity (Wildman–Crippen MR) is 58.9 cm³/mol. The van der Waals surface area contributed by atoms with E-state index in [1.165, 1.54) is 10.7 Å². The number of carbonyl (C=O) groups is 1. The van der Waals surface area contributed by atoms with Crippen LogP contribution in [-0.2, 0) is 0 Å². The van der Waals surface area contributed by atoms with Gasteiger partial charge < -0.3 is 10.0 Å². The topological polar surface area (TPSA) is 70.7 Å². The fraction of sp³-hybridized carbons (Fsp3) is 0.300. The molecule has 0 aliphatic rings. The second kappa shape index (κ2) is 3.80. The van der Waals surface area contributed by atoms with Crippen LogP contribution in [-0.4, -0.2) is 39.3 Å². The highest BCUT2D eigenvalue weighted by Crippen LogP contribution is 2.10. The molecule has 0 aliphatic carbocycles. The first-order chi connectivity index (χ1) is 7.61. The zero-order chi connectivity index (χ0) is 11.7. The maximum absolute atomic E-state index is 10.7. The Morgan fingerprint density at radius 1 is 1.56 bits per heavy atom. The largest absolute Gasteiger partial charge is 0.476 e. The Balaban J connectivity index is 2.49. The van der Waals surface area contributed by atoms with Gasteiger partial charge in [0.15, 0.2) is 11.3 Å². The first-order valence-electron chi connectivity index (χ1n) is 4.92. The number of carboxylic acid groups (broad SMARTS) is 1. The third-order valence-electron chi connectivity index (χ3n) is 2.39. The van der Waals surface area contributed by atoms with Gasteiger partial charge in [0.05, 0.1) is 6.20 Å². The van der Waals surface area contributed by atoms with E-state index in [0.717, 1.165) is 12.4 Å². The van der Waals surface area contributed by atoms with Crippen molar-refractivity contribution >= 4 is 17.4 Å². The summed E-state index contributed by atoms with van der Waals surface area (Å²) in [6.07, 6.45) is 1.41. The molecule has 0 aromatic carbocycles. The molecule has 0 fully saturated rings. The molecule has 2 heterocycles. The lowest BCUT2D eigenvalue weighted by Gasteiger charge is -2.14. The molecule has 0 spiro atoms. The lowest BCUT2D eigenvalue weighted by atomic mass is 10.4. The van der Waals surface area contributed by atoms with Crippen LogP contribution < -0.4 is 4.90 Å². The van der Waals surface area contributed by atoms with Gasteiger partial charge in [-0.15, -0.1) is 5.10 Å². The molecular weight excluding hydrogens is 208 g/mol. The van der Waals surface area contributed by atoms with E-state index < -0.39 is 5.97 Å². The van der Waals surface area contributed by atoms with Gasteiger partial charge in [-0.3, -0.25) is 0 Å². The molecule has 0 bridgehead atoms. The highest BCUT2D eigenvalue weighted by molar-refractivity contribution is 5.86. The van der Waals surface area contributed by atoms with Gasteiger partial charge in [0.25, 0.3) is 0 Å². The minimum absolute atomic E-state index is 0.00352. The number of nitrogens with zero attached hydrogens (tertiary/aromatic N) is 4. The molecule has 2 aromatic rings. The number of carboxylic acids is 1. The smallest absolute Gasteiger partial charge is 0.356 e. The minimum Gasteiger partial charge on any atom is -0.476 e. The maximum Gasteiger partial charge on any atom is 0.356 e. The summed E-state index contributed by atoms with van der Waals surface area (Å²) in [5, 5.41) is 13.1. The highest BCUT2D eigenvalue weighted by Gasteiger charge is 2.10. The van der Waals surface area contributed by atoms with E-state index in [-0.39, 0.29) is 5.69 Å². The van der Waals surface area contributed by atoms with Crippen molar-refractivity contribution < 1.29 is 9.90 Å². The van der Waals surface area contributed by atoms with Gasteiger partial charge >= 0.3 is 5.97 Å². The number of hydrogen-bond donors (Lipinski definition) is 1. The van der Waals surface area contributed by atoms with Gasteiger partial charge in [-0.2, -0.15) is 0 Å². The van der Waals surface area contributed by atoms with Gasteiger partial charge in [0, 0.05) is 13.6 Å². The standard InChI is InChI=1S/C10H12N4O2/c1-3-13(2)9-5-4-8-11-7(10(15)16)6-14(8)12-9/h4-6H,3H2,1-2H3,(H,15,16). The molecule has 2 aromatic heterocycles. The average Bonchev–Trinajstić information content (AvgIpc) is 2.70. The Hall–Kier alpha value is -2.11. The highest BCUT2D eigenvalue weighted by atomic mass is 16.4. The number of imidazole rings is 1. The van der Waals surface area contributed by atoms with Crippen molar-refractivity contribution in [2.45, 2.75) is 6.92 Å². The van der Waals surface area contributed by atoms with Crippen LogP contribution in [0.1, 0.15) is 17.4 Å². The van der Waals surface area contributed by atoms with Gasteiger partial charge in [0.1, 0.15) is 5.82 Å². The summed E-state index contributed by atoms with van der Waals surface area (Å²) in [5.41, 5.74) is 0.537. The lowest BCUT2D eigenvalue weighted by Crippen LogP contribution is -2.18. The Bertz CT molecular complexity index is 535. The molecule has 6 nitrogen and oxygen atoms in total. The Kier molecular flexibility index (Phi) is 2.47. The van der Waals surface area contributed by atoms with Crippen LogP contribution in [0.3, 0.4) is 0 Å². The summed E-state index contributed by atoms with van der Waals surface area (Å²) in [6.45, 7) is 2.85. The number of hydrogen-bond acceptors (Lipinski definition) is 4. The zero-order valence-electron chi connectivity index (χ0n) is 9.08. The SMILES string of the molecule is CCN(C)c1ccc2nc(C(=O)O)cn2n1. The Morgan fingerprint density at radius 2 is 2.31 bits per heavy atom. The molecule has 2 rings (SSSR count). The van der Waals surface area contributed by atoms with Crippen molar-refractivity contribution in [3.8, 4) is 0 Å². The zero-order valence-corrected chi connectivity index (χ0v) is 9.08. The summed E-state index contributed by atoms with van der Waals surface area (Å²) in [5.74, 6) is -0.264. The summed E-state index contributed by atoms with van der Waals surface area (Å²) in [4.78, 5) is 16.6. The van der Waals surface area contributed by atoms with Crippen molar-refractivity contribution in [3.63, 3.8) is 0 Å². The second-order valence-electron chi connectivity index (χ2n) is 3.44. The summed E-state index contributed by atoms with van der Waals surface area (Å²) < 4.78 is 1.48. The van der Waals surface area contributed by atoms with E-state index in [1.807, 2.05) is 24.9 Å². The maximum atomic E-state index is 10.7. The van der Waals surface area contributed by atoms with Crippen LogP contribution in [0.15, 0.2) is 18.3 Å². The van der Waals surface area contributed by atoms with Gasteiger partial charge in [0.2, 0.25) is 0 Å². The fourth-order valence-electron chi connectivity index (χ4n) is 1.34. The normalized spacial score (nSPS) is 10.6. The van der Waals surface area contributed by atoms with E-state index in [9.17, 15) is 4.79 Å². The Morgan fingerprint density at radius 3 is 2.94 bits per heavy atom. The van der Waals surface area contributed by atoms with Crippen molar-refractivity contribution in [3.05, 3.63) is 24.0 Å². The fourth-order valence-corrected chi connectivity index (χ4v) is 1.34. The number of aromatic carboxylic acids is 1. The van der Waals surface area contributed by atoms with E-state index in [2.05, 4.69) is 10.1 Å². The summed E-state index contributed by atoms with van der Waals surface area (Å²) in [6, 6.07) is 3.57. The molecule has 0 saturated heterocycles. The first kappa shape index (κ1) is 10.4. The van der Waals surface area contributed by atoms with E-state index >= 15 is 0 Å². The number of rotatable bonds is 3. The van der Waals surface area contributed by atoms with Crippen LogP contribution in [0.25, 0.3) is 5.65 Å². The molecule has 0 unspecified atom stereocenters. The number of fused-ring (bicyclic) bond motifs is 1. The molecule has 16 heavy (non-hydrogen) atoms. The van der Waals surface area contributed by atoms with Crippen LogP contribution in [0, 0.1) is 0 Å². The van der Waals surface area contributed by atoms with E-state index in [0.29, 0.717) is 5.65 Å². The van der Waals surface area contributed by atoms with Crippen molar-refractivity contribution in [1.82, 2.24) is 14.6 Å². The molecule has 6 heteroatoms. The molecule has 0 saturated carbocycles. The van der Waals surface area contributed by atoms with E-state index in [4.69, 9.17) is 5.11 Å². The van der Waals surface area contributed by atoms with E-state index in [1.54, 1.807) is 6.07 Å². The second-order valence-corrected chi connectivity index (χ2v) is 3.44. The molecule has 0 atom stereocenters. The van der Waals surface area contributed by atoms with Crippen molar-refractivity contribution in [2.75, 3.05) is 18.5 Å². The quantitative estimate of drug-likeness (QED) is 0.831. The summed E-state index contributed by atoms with van der Waals surface area (Å²) >= 11 is 0.